The van der Waals surface area contributed by atoms with Gasteiger partial charge in [-0.05, 0) is 45.4 Å². The van der Waals surface area contributed by atoms with Gasteiger partial charge in [0.1, 0.15) is 11.4 Å². The van der Waals surface area contributed by atoms with Gasteiger partial charge in [0.25, 0.3) is 5.91 Å². The number of nitrogens with zero attached hydrogens (tertiary/aromatic N) is 1. The Balaban J connectivity index is 1.72. The summed E-state index contributed by atoms with van der Waals surface area (Å²) in [6, 6.07) is 8.59. The van der Waals surface area contributed by atoms with Gasteiger partial charge in [-0.15, -0.1) is 0 Å². The van der Waals surface area contributed by atoms with Crippen molar-refractivity contribution < 1.29 is 19.1 Å². The van der Waals surface area contributed by atoms with Gasteiger partial charge in [0.2, 0.25) is 5.91 Å². The van der Waals surface area contributed by atoms with E-state index in [1.54, 1.807) is 24.3 Å². The smallest absolute Gasteiger partial charge is 0.277 e. The summed E-state index contributed by atoms with van der Waals surface area (Å²) in [6.07, 6.45) is 2.16. The molecule has 2 aromatic carbocycles. The number of hydrogen-bond donors (Lipinski definition) is 1. The van der Waals surface area contributed by atoms with Gasteiger partial charge in [0.15, 0.2) is 6.29 Å². The van der Waals surface area contributed by atoms with Gasteiger partial charge in [0.05, 0.1) is 22.9 Å². The highest BCUT2D eigenvalue weighted by Crippen LogP contribution is 2.54. The fourth-order valence-corrected chi connectivity index (χ4v) is 4.20. The van der Waals surface area contributed by atoms with Gasteiger partial charge < -0.3 is 10.1 Å². The summed E-state index contributed by atoms with van der Waals surface area (Å²) < 4.78 is 6.37. The van der Waals surface area contributed by atoms with E-state index in [-0.39, 0.29) is 17.4 Å². The molecule has 6 nitrogen and oxygen atoms in total. The van der Waals surface area contributed by atoms with Gasteiger partial charge >= 0.3 is 0 Å². The Morgan fingerprint density at radius 1 is 1.23 bits per heavy atom. The monoisotopic (exact) mass is 404 g/mol. The van der Waals surface area contributed by atoms with Gasteiger partial charge in [-0.25, -0.2) is 4.99 Å². The lowest BCUT2D eigenvalue weighted by Crippen LogP contribution is -2.35. The van der Waals surface area contributed by atoms with E-state index in [2.05, 4.69) is 10.3 Å². The number of carbonyl (C=O) groups excluding carboxylic acids is 3. The Morgan fingerprint density at radius 2 is 1.93 bits per heavy atom. The third kappa shape index (κ3) is 2.78. The average Bonchev–Trinajstić information content (AvgIpc) is 3.11. The van der Waals surface area contributed by atoms with E-state index in [4.69, 9.17) is 4.74 Å². The molecular weight excluding hydrogens is 380 g/mol. The molecule has 2 amide bonds. The lowest BCUT2D eigenvalue weighted by molar-refractivity contribution is -0.119. The molecule has 2 aliphatic heterocycles. The van der Waals surface area contributed by atoms with Crippen LogP contribution in [0.2, 0.25) is 0 Å². The number of hydrogen-bond acceptors (Lipinski definition) is 4. The van der Waals surface area contributed by atoms with Crippen LogP contribution in [0.4, 0.5) is 5.69 Å². The van der Waals surface area contributed by atoms with Crippen LogP contribution in [0.25, 0.3) is 0 Å². The number of rotatable bonds is 3. The third-order valence-corrected chi connectivity index (χ3v) is 6.34. The minimum Gasteiger partial charge on any atom is -0.481 e. The Hall–Kier alpha value is -3.28. The molecule has 2 aromatic rings. The minimum atomic E-state index is -0.864. The van der Waals surface area contributed by atoms with Crippen molar-refractivity contribution in [2.75, 3.05) is 5.32 Å². The van der Waals surface area contributed by atoms with Crippen molar-refractivity contribution in [1.82, 2.24) is 0 Å². The van der Waals surface area contributed by atoms with Crippen molar-refractivity contribution in [1.29, 1.82) is 0 Å². The number of amides is 2. The van der Waals surface area contributed by atoms with Gasteiger partial charge in [-0.2, -0.15) is 0 Å². The quantitative estimate of drug-likeness (QED) is 0.614. The van der Waals surface area contributed by atoms with Crippen LogP contribution in [0, 0.1) is 6.92 Å². The standard InChI is InChI=1S/C24H24N2O4/c1-13-10-17-14(2)24(5,12-25-21(28)16-9-7-6-8-15(16)11-27)30-20(17)18-19(13)26-22(29)23(18,3)4/h6-12,14H,1-5H3,(H,26,29). The van der Waals surface area contributed by atoms with E-state index < -0.39 is 16.9 Å². The number of ether oxygens (including phenoxy) is 1. The molecule has 1 N–H and O–H groups in total. The molecule has 0 spiro atoms. The van der Waals surface area contributed by atoms with Gasteiger partial charge in [-0.3, -0.25) is 14.4 Å². The first-order valence-electron chi connectivity index (χ1n) is 9.92. The van der Waals surface area contributed by atoms with Crippen LogP contribution >= 0.6 is 0 Å². The molecular formula is C24H24N2O4. The summed E-state index contributed by atoms with van der Waals surface area (Å²) >= 11 is 0. The SMILES string of the molecule is Cc1cc2c(c3c1NC(=O)C3(C)C)OC(C)(C=NC(=O)c1ccccc1C=O)C2C. The number of aldehydes is 1. The summed E-state index contributed by atoms with van der Waals surface area (Å²) in [5, 5.41) is 2.97. The van der Waals surface area contributed by atoms with E-state index in [1.165, 1.54) is 6.21 Å². The molecule has 0 aromatic heterocycles. The van der Waals surface area contributed by atoms with Crippen LogP contribution in [-0.4, -0.2) is 29.9 Å². The molecule has 30 heavy (non-hydrogen) atoms. The first-order chi connectivity index (χ1) is 14.1. The lowest BCUT2D eigenvalue weighted by Gasteiger charge is -2.25. The molecule has 0 aliphatic carbocycles. The van der Waals surface area contributed by atoms with Crippen molar-refractivity contribution >= 4 is 30.0 Å². The maximum atomic E-state index is 12.6. The number of fused-ring (bicyclic) bond motifs is 3. The zero-order valence-corrected chi connectivity index (χ0v) is 17.7. The van der Waals surface area contributed by atoms with E-state index in [1.807, 2.05) is 40.7 Å². The number of aryl methyl sites for hydroxylation is 1. The maximum Gasteiger partial charge on any atom is 0.277 e. The van der Waals surface area contributed by atoms with E-state index in [0.29, 0.717) is 17.6 Å². The summed E-state index contributed by atoms with van der Waals surface area (Å²) in [5.74, 6) is 0.0412. The molecule has 0 radical (unpaired) electrons. The summed E-state index contributed by atoms with van der Waals surface area (Å²) in [4.78, 5) is 40.5. The van der Waals surface area contributed by atoms with Gasteiger partial charge in [0, 0.05) is 22.6 Å². The molecule has 0 fully saturated rings. The fraction of sp³-hybridized carbons (Fsp3) is 0.333. The number of nitrogens with one attached hydrogen (secondary N) is 1. The third-order valence-electron chi connectivity index (χ3n) is 6.34. The van der Waals surface area contributed by atoms with Crippen molar-refractivity contribution in [3.63, 3.8) is 0 Å². The zero-order valence-electron chi connectivity index (χ0n) is 17.7. The molecule has 0 saturated carbocycles. The largest absolute Gasteiger partial charge is 0.481 e. The second-order valence-electron chi connectivity index (χ2n) is 8.72. The molecule has 154 valence electrons. The summed E-state index contributed by atoms with van der Waals surface area (Å²) in [7, 11) is 0. The van der Waals surface area contributed by atoms with Crippen LogP contribution in [0.3, 0.4) is 0 Å². The Morgan fingerprint density at radius 3 is 2.63 bits per heavy atom. The topological polar surface area (TPSA) is 84.8 Å². The van der Waals surface area contributed by atoms with Crippen LogP contribution in [0.15, 0.2) is 35.3 Å². The number of aliphatic imine (C=N–C) groups is 1. The molecule has 0 bridgehead atoms. The van der Waals surface area contributed by atoms with Crippen molar-refractivity contribution in [3.8, 4) is 5.75 Å². The molecule has 2 atom stereocenters. The Kier molecular flexibility index (Phi) is 4.42. The molecule has 2 aliphatic rings. The van der Waals surface area contributed by atoms with Crippen LogP contribution in [0.5, 0.6) is 5.75 Å². The molecule has 4 rings (SSSR count). The molecule has 2 unspecified atom stereocenters. The van der Waals surface area contributed by atoms with Crippen molar-refractivity contribution in [2.24, 2.45) is 4.99 Å². The lowest BCUT2D eigenvalue weighted by atomic mass is 9.81. The molecule has 6 heteroatoms. The Labute approximate surface area is 175 Å². The number of benzene rings is 2. The van der Waals surface area contributed by atoms with E-state index >= 15 is 0 Å². The average molecular weight is 404 g/mol. The number of carbonyl (C=O) groups is 3. The minimum absolute atomic E-state index is 0.0619. The number of anilines is 1. The molecule has 2 heterocycles. The van der Waals surface area contributed by atoms with E-state index in [9.17, 15) is 14.4 Å². The second kappa shape index (κ2) is 6.62. The predicted octanol–water partition coefficient (Wildman–Crippen LogP) is 4.20. The molecule has 0 saturated heterocycles. The highest BCUT2D eigenvalue weighted by molar-refractivity contribution is 6.08. The first-order valence-corrected chi connectivity index (χ1v) is 9.92. The normalized spacial score (nSPS) is 23.6. The highest BCUT2D eigenvalue weighted by atomic mass is 16.5. The first kappa shape index (κ1) is 20.0. The highest BCUT2D eigenvalue weighted by Gasteiger charge is 2.49. The summed E-state index contributed by atoms with van der Waals surface area (Å²) in [6.45, 7) is 9.62. The van der Waals surface area contributed by atoms with Crippen LogP contribution in [0.1, 0.15) is 71.0 Å². The van der Waals surface area contributed by atoms with Gasteiger partial charge in [-0.1, -0.05) is 25.1 Å². The summed E-state index contributed by atoms with van der Waals surface area (Å²) in [5.41, 5.74) is 2.60. The van der Waals surface area contributed by atoms with Crippen molar-refractivity contribution in [2.45, 2.75) is 51.6 Å². The van der Waals surface area contributed by atoms with E-state index in [0.717, 1.165) is 22.4 Å². The fourth-order valence-electron chi connectivity index (χ4n) is 4.20. The zero-order chi connectivity index (χ0) is 21.8. The predicted molar refractivity (Wildman–Crippen MR) is 115 cm³/mol. The second-order valence-corrected chi connectivity index (χ2v) is 8.72. The maximum absolute atomic E-state index is 12.6. The van der Waals surface area contributed by atoms with Crippen LogP contribution in [-0.2, 0) is 10.2 Å². The Bertz CT molecular complexity index is 1130. The van der Waals surface area contributed by atoms with Crippen molar-refractivity contribution in [3.05, 3.63) is 58.1 Å². The van der Waals surface area contributed by atoms with Crippen LogP contribution < -0.4 is 10.1 Å².